The molecule has 1 saturated carbocycles. The van der Waals surface area contributed by atoms with E-state index in [1.165, 1.54) is 7.11 Å². The van der Waals surface area contributed by atoms with Gasteiger partial charge in [-0.1, -0.05) is 0 Å². The number of ether oxygens (including phenoxy) is 2. The lowest BCUT2D eigenvalue weighted by atomic mass is 9.96. The number of hydrogen-bond donors (Lipinski definition) is 1. The van der Waals surface area contributed by atoms with Gasteiger partial charge in [0.25, 0.3) is 0 Å². The van der Waals surface area contributed by atoms with Crippen molar-refractivity contribution >= 4 is 11.7 Å². The molecule has 0 radical (unpaired) electrons. The Hall–Kier alpha value is -1.71. The molecule has 0 bridgehead atoms. The quantitative estimate of drug-likeness (QED) is 0.626. The van der Waals surface area contributed by atoms with Crippen LogP contribution in [0.1, 0.15) is 29.6 Å². The number of methoxy groups -OCH3 is 1. The van der Waals surface area contributed by atoms with Crippen LogP contribution < -0.4 is 10.5 Å². The van der Waals surface area contributed by atoms with Crippen molar-refractivity contribution in [3.63, 3.8) is 0 Å². The predicted octanol–water partition coefficient (Wildman–Crippen LogP) is 1.99. The molecule has 86 valence electrons. The zero-order valence-corrected chi connectivity index (χ0v) is 9.23. The first-order valence-corrected chi connectivity index (χ1v) is 5.35. The molecule has 0 amide bonds. The third-order valence-corrected chi connectivity index (χ3v) is 2.77. The summed E-state index contributed by atoms with van der Waals surface area (Å²) in [4.78, 5) is 11.8. The molecule has 1 aliphatic carbocycles. The van der Waals surface area contributed by atoms with Crippen LogP contribution in [0.2, 0.25) is 0 Å². The maximum absolute atomic E-state index is 11.8. The second-order valence-electron chi connectivity index (χ2n) is 3.92. The largest absolute Gasteiger partial charge is 0.496 e. The van der Waals surface area contributed by atoms with Crippen molar-refractivity contribution < 1.29 is 14.3 Å². The lowest BCUT2D eigenvalue weighted by Gasteiger charge is -2.25. The standard InChI is InChI=1S/C12H15NO3/c1-15-11-7-8(13)5-6-10(11)12(14)16-9-3-2-4-9/h5-7,9H,2-4,13H2,1H3. The third-order valence-electron chi connectivity index (χ3n) is 2.77. The summed E-state index contributed by atoms with van der Waals surface area (Å²) in [6.45, 7) is 0. The molecule has 0 atom stereocenters. The molecule has 1 aromatic rings. The van der Waals surface area contributed by atoms with Crippen LogP contribution in [0.15, 0.2) is 18.2 Å². The Labute approximate surface area is 94.3 Å². The predicted molar refractivity (Wildman–Crippen MR) is 60.5 cm³/mol. The van der Waals surface area contributed by atoms with Gasteiger partial charge < -0.3 is 15.2 Å². The smallest absolute Gasteiger partial charge is 0.342 e. The third kappa shape index (κ3) is 2.10. The van der Waals surface area contributed by atoms with E-state index in [1.807, 2.05) is 0 Å². The maximum Gasteiger partial charge on any atom is 0.342 e. The molecule has 1 aromatic carbocycles. The number of nitrogens with two attached hydrogens (primary N) is 1. The molecule has 1 aliphatic rings. The fourth-order valence-electron chi connectivity index (χ4n) is 1.58. The molecule has 2 rings (SSSR count). The van der Waals surface area contributed by atoms with Crippen molar-refractivity contribution in [1.29, 1.82) is 0 Å². The van der Waals surface area contributed by atoms with Crippen molar-refractivity contribution in [1.82, 2.24) is 0 Å². The van der Waals surface area contributed by atoms with E-state index < -0.39 is 0 Å². The van der Waals surface area contributed by atoms with Crippen LogP contribution >= 0.6 is 0 Å². The van der Waals surface area contributed by atoms with Gasteiger partial charge in [-0.2, -0.15) is 0 Å². The summed E-state index contributed by atoms with van der Waals surface area (Å²) in [5.74, 6) is 0.130. The fraction of sp³-hybridized carbons (Fsp3) is 0.417. The van der Waals surface area contributed by atoms with Crippen molar-refractivity contribution in [3.05, 3.63) is 23.8 Å². The number of nitrogen functional groups attached to an aromatic ring is 1. The maximum atomic E-state index is 11.8. The second kappa shape index (κ2) is 4.43. The Morgan fingerprint density at radius 1 is 1.44 bits per heavy atom. The van der Waals surface area contributed by atoms with E-state index in [9.17, 15) is 4.79 Å². The van der Waals surface area contributed by atoms with Crippen molar-refractivity contribution in [3.8, 4) is 5.75 Å². The molecular weight excluding hydrogens is 206 g/mol. The van der Waals surface area contributed by atoms with E-state index in [4.69, 9.17) is 15.2 Å². The zero-order valence-electron chi connectivity index (χ0n) is 9.23. The van der Waals surface area contributed by atoms with E-state index in [0.717, 1.165) is 19.3 Å². The van der Waals surface area contributed by atoms with Gasteiger partial charge in [-0.3, -0.25) is 0 Å². The molecule has 0 spiro atoms. The number of rotatable bonds is 3. The zero-order chi connectivity index (χ0) is 11.5. The molecule has 0 aliphatic heterocycles. The Balaban J connectivity index is 2.14. The van der Waals surface area contributed by atoms with Gasteiger partial charge in [-0.05, 0) is 31.4 Å². The number of anilines is 1. The fourth-order valence-corrected chi connectivity index (χ4v) is 1.58. The van der Waals surface area contributed by atoms with Crippen LogP contribution in [0.4, 0.5) is 5.69 Å². The van der Waals surface area contributed by atoms with Gasteiger partial charge >= 0.3 is 5.97 Å². The monoisotopic (exact) mass is 221 g/mol. The highest BCUT2D eigenvalue weighted by Crippen LogP contribution is 2.26. The van der Waals surface area contributed by atoms with Gasteiger partial charge in [0.15, 0.2) is 0 Å². The van der Waals surface area contributed by atoms with E-state index in [2.05, 4.69) is 0 Å². The van der Waals surface area contributed by atoms with Crippen molar-refractivity contribution in [2.75, 3.05) is 12.8 Å². The molecule has 0 aromatic heterocycles. The van der Waals surface area contributed by atoms with Crippen LogP contribution in [0.25, 0.3) is 0 Å². The van der Waals surface area contributed by atoms with Gasteiger partial charge in [0, 0.05) is 11.8 Å². The van der Waals surface area contributed by atoms with Crippen molar-refractivity contribution in [2.45, 2.75) is 25.4 Å². The summed E-state index contributed by atoms with van der Waals surface area (Å²) in [7, 11) is 1.51. The Morgan fingerprint density at radius 3 is 2.75 bits per heavy atom. The highest BCUT2D eigenvalue weighted by Gasteiger charge is 2.24. The second-order valence-corrected chi connectivity index (χ2v) is 3.92. The average molecular weight is 221 g/mol. The van der Waals surface area contributed by atoms with Gasteiger partial charge in [-0.25, -0.2) is 4.79 Å². The number of carbonyl (C=O) groups excluding carboxylic acids is 1. The molecule has 16 heavy (non-hydrogen) atoms. The summed E-state index contributed by atoms with van der Waals surface area (Å²) in [5.41, 5.74) is 6.61. The van der Waals surface area contributed by atoms with Crippen LogP contribution in [-0.4, -0.2) is 19.2 Å². The number of benzene rings is 1. The number of carbonyl (C=O) groups is 1. The van der Waals surface area contributed by atoms with E-state index >= 15 is 0 Å². The van der Waals surface area contributed by atoms with Crippen LogP contribution in [0.5, 0.6) is 5.75 Å². The highest BCUT2D eigenvalue weighted by molar-refractivity contribution is 5.93. The topological polar surface area (TPSA) is 61.5 Å². The minimum atomic E-state index is -0.332. The summed E-state index contributed by atoms with van der Waals surface area (Å²) in [6, 6.07) is 4.92. The Morgan fingerprint density at radius 2 is 2.19 bits per heavy atom. The number of hydrogen-bond acceptors (Lipinski definition) is 4. The molecule has 1 fully saturated rings. The van der Waals surface area contributed by atoms with Gasteiger partial charge in [0.2, 0.25) is 0 Å². The van der Waals surface area contributed by atoms with Gasteiger partial charge in [0.05, 0.1) is 7.11 Å². The molecular formula is C12H15NO3. The minimum Gasteiger partial charge on any atom is -0.496 e. The Bertz CT molecular complexity index is 399. The SMILES string of the molecule is COc1cc(N)ccc1C(=O)OC1CCC1. The molecule has 2 N–H and O–H groups in total. The molecule has 4 nitrogen and oxygen atoms in total. The summed E-state index contributed by atoms with van der Waals surface area (Å²) >= 11 is 0. The van der Waals surface area contributed by atoms with Gasteiger partial charge in [-0.15, -0.1) is 0 Å². The first kappa shape index (κ1) is 10.8. The molecule has 4 heteroatoms. The number of esters is 1. The summed E-state index contributed by atoms with van der Waals surface area (Å²) in [6.07, 6.45) is 3.14. The molecule has 0 heterocycles. The summed E-state index contributed by atoms with van der Waals surface area (Å²) in [5, 5.41) is 0. The van der Waals surface area contributed by atoms with Crippen LogP contribution in [0.3, 0.4) is 0 Å². The Kier molecular flexibility index (Phi) is 2.99. The van der Waals surface area contributed by atoms with E-state index in [-0.39, 0.29) is 12.1 Å². The first-order valence-electron chi connectivity index (χ1n) is 5.35. The van der Waals surface area contributed by atoms with Crippen molar-refractivity contribution in [2.24, 2.45) is 0 Å². The average Bonchev–Trinajstić information content (AvgIpc) is 2.23. The lowest BCUT2D eigenvalue weighted by Crippen LogP contribution is -2.25. The highest BCUT2D eigenvalue weighted by atomic mass is 16.5. The van der Waals surface area contributed by atoms with E-state index in [1.54, 1.807) is 18.2 Å². The van der Waals surface area contributed by atoms with Crippen LogP contribution in [-0.2, 0) is 4.74 Å². The molecule has 0 saturated heterocycles. The van der Waals surface area contributed by atoms with Crippen LogP contribution in [0, 0.1) is 0 Å². The normalized spacial score (nSPS) is 15.3. The minimum absolute atomic E-state index is 0.0785. The lowest BCUT2D eigenvalue weighted by molar-refractivity contribution is 0.00872. The first-order chi connectivity index (χ1) is 7.70. The summed E-state index contributed by atoms with van der Waals surface area (Å²) < 4.78 is 10.4. The van der Waals surface area contributed by atoms with E-state index in [0.29, 0.717) is 17.0 Å². The molecule has 0 unspecified atom stereocenters. The van der Waals surface area contributed by atoms with Gasteiger partial charge in [0.1, 0.15) is 17.4 Å².